The number of hydrogen-bond donors (Lipinski definition) is 0. The monoisotopic (exact) mass is 324 g/mol. The zero-order chi connectivity index (χ0) is 16.8. The summed E-state index contributed by atoms with van der Waals surface area (Å²) >= 11 is 0. The first kappa shape index (κ1) is 14.5. The van der Waals surface area contributed by atoms with Crippen molar-refractivity contribution in [3.8, 4) is 0 Å². The lowest BCUT2D eigenvalue weighted by Gasteiger charge is -2.51. The van der Waals surface area contributed by atoms with E-state index in [0.29, 0.717) is 6.04 Å². The first-order chi connectivity index (χ1) is 12.3. The van der Waals surface area contributed by atoms with Crippen LogP contribution in [0.4, 0.5) is 5.69 Å². The highest BCUT2D eigenvalue weighted by Gasteiger charge is 2.44. The van der Waals surface area contributed by atoms with E-state index in [2.05, 4.69) is 90.7 Å². The van der Waals surface area contributed by atoms with Crippen molar-refractivity contribution in [1.82, 2.24) is 4.90 Å². The summed E-state index contributed by atoms with van der Waals surface area (Å²) in [6.07, 6.45) is 1.01. The van der Waals surface area contributed by atoms with Crippen LogP contribution in [-0.2, 0) is 0 Å². The van der Waals surface area contributed by atoms with E-state index in [4.69, 9.17) is 4.99 Å². The van der Waals surface area contributed by atoms with Crippen molar-refractivity contribution in [2.75, 3.05) is 0 Å². The molecule has 0 amide bonds. The number of aliphatic imine (C=N–C) groups is 1. The first-order valence-electron chi connectivity index (χ1n) is 8.87. The zero-order valence-electron chi connectivity index (χ0n) is 14.3. The van der Waals surface area contributed by atoms with E-state index in [1.807, 2.05) is 0 Å². The molecular weight excluding hydrogens is 304 g/mol. The van der Waals surface area contributed by atoms with Gasteiger partial charge in [0.2, 0.25) is 0 Å². The largest absolute Gasteiger partial charge is 0.341 e. The molecule has 2 nitrogen and oxygen atoms in total. The Morgan fingerprint density at radius 1 is 0.800 bits per heavy atom. The fourth-order valence-corrected chi connectivity index (χ4v) is 4.03. The van der Waals surface area contributed by atoms with Crippen molar-refractivity contribution >= 4 is 11.5 Å². The van der Waals surface area contributed by atoms with Crippen molar-refractivity contribution in [3.05, 3.63) is 101 Å². The van der Waals surface area contributed by atoms with E-state index < -0.39 is 0 Å². The van der Waals surface area contributed by atoms with Crippen LogP contribution in [0.25, 0.3) is 0 Å². The Balaban J connectivity index is 1.62. The summed E-state index contributed by atoms with van der Waals surface area (Å²) in [6, 6.07) is 28.9. The number of amidine groups is 1. The van der Waals surface area contributed by atoms with Gasteiger partial charge in [0.1, 0.15) is 5.84 Å². The molecule has 2 heteroatoms. The molecule has 0 radical (unpaired) electrons. The van der Waals surface area contributed by atoms with Crippen LogP contribution in [-0.4, -0.2) is 10.7 Å². The minimum Gasteiger partial charge on any atom is -0.341 e. The highest BCUT2D eigenvalue weighted by Crippen LogP contribution is 2.50. The molecule has 2 heterocycles. The number of nitrogens with zero attached hydrogens (tertiary/aromatic N) is 2. The van der Waals surface area contributed by atoms with Gasteiger partial charge in [0, 0.05) is 12.0 Å². The van der Waals surface area contributed by atoms with Gasteiger partial charge in [-0.1, -0.05) is 78.4 Å². The smallest absolute Gasteiger partial charge is 0.109 e. The topological polar surface area (TPSA) is 15.6 Å². The lowest BCUT2D eigenvalue weighted by molar-refractivity contribution is 0.202. The normalized spacial score (nSPS) is 21.0. The maximum Gasteiger partial charge on any atom is 0.109 e. The number of hydrogen-bond acceptors (Lipinski definition) is 2. The van der Waals surface area contributed by atoms with E-state index in [0.717, 1.165) is 12.1 Å². The fourth-order valence-electron chi connectivity index (χ4n) is 4.03. The van der Waals surface area contributed by atoms with Crippen LogP contribution in [0.15, 0.2) is 83.9 Å². The average Bonchev–Trinajstić information content (AvgIpc) is 2.65. The van der Waals surface area contributed by atoms with Gasteiger partial charge in [0.25, 0.3) is 0 Å². The molecule has 0 aliphatic carbocycles. The van der Waals surface area contributed by atoms with Crippen LogP contribution in [0.5, 0.6) is 0 Å². The Kier molecular flexibility index (Phi) is 3.24. The molecule has 0 unspecified atom stereocenters. The molecule has 2 atom stereocenters. The van der Waals surface area contributed by atoms with E-state index in [1.54, 1.807) is 0 Å². The summed E-state index contributed by atoms with van der Waals surface area (Å²) in [7, 11) is 0. The van der Waals surface area contributed by atoms with Gasteiger partial charge in [-0.3, -0.25) is 0 Å². The summed E-state index contributed by atoms with van der Waals surface area (Å²) in [6.45, 7) is 2.14. The van der Waals surface area contributed by atoms with Crippen LogP contribution in [0.1, 0.15) is 40.8 Å². The van der Waals surface area contributed by atoms with Crippen LogP contribution < -0.4 is 0 Å². The average molecular weight is 324 g/mol. The number of para-hydroxylation sites is 1. The second-order valence-corrected chi connectivity index (χ2v) is 6.94. The molecule has 0 spiro atoms. The molecule has 1 fully saturated rings. The van der Waals surface area contributed by atoms with Gasteiger partial charge in [-0.15, -0.1) is 0 Å². The van der Waals surface area contributed by atoms with Crippen molar-refractivity contribution in [2.24, 2.45) is 4.99 Å². The number of fused-ring (bicyclic) bond motifs is 2. The van der Waals surface area contributed by atoms with Gasteiger partial charge in [0.15, 0.2) is 0 Å². The summed E-state index contributed by atoms with van der Waals surface area (Å²) in [4.78, 5) is 7.43. The second-order valence-electron chi connectivity index (χ2n) is 6.94. The molecule has 122 valence electrons. The van der Waals surface area contributed by atoms with Crippen LogP contribution in [0, 0.1) is 6.92 Å². The Hall–Kier alpha value is -2.87. The fraction of sp³-hybridized carbons (Fsp3) is 0.174. The standard InChI is InChI=1S/C23H20N2/c1-16-11-13-17(14-12-16)21-15-22-24-20-10-6-5-9-19(20)23(25(21)22)18-7-3-2-4-8-18/h2-14,21,23H,15H2,1H3/t21-,23+/m0/s1. The molecular formula is C23H20N2. The molecule has 1 saturated heterocycles. The van der Waals surface area contributed by atoms with E-state index >= 15 is 0 Å². The van der Waals surface area contributed by atoms with Crippen molar-refractivity contribution in [2.45, 2.75) is 25.4 Å². The van der Waals surface area contributed by atoms with Gasteiger partial charge in [-0.2, -0.15) is 0 Å². The Morgan fingerprint density at radius 3 is 2.32 bits per heavy atom. The first-order valence-corrected chi connectivity index (χ1v) is 8.87. The molecule has 25 heavy (non-hydrogen) atoms. The van der Waals surface area contributed by atoms with E-state index in [-0.39, 0.29) is 6.04 Å². The number of benzene rings is 3. The van der Waals surface area contributed by atoms with Gasteiger partial charge in [-0.05, 0) is 24.1 Å². The maximum absolute atomic E-state index is 4.93. The predicted octanol–water partition coefficient (Wildman–Crippen LogP) is 5.58. The zero-order valence-corrected chi connectivity index (χ0v) is 14.3. The van der Waals surface area contributed by atoms with E-state index in [9.17, 15) is 0 Å². The molecule has 0 bridgehead atoms. The SMILES string of the molecule is Cc1ccc([C@@H]2CC3=Nc4ccccc4[C@@H](c4ccccc4)N32)cc1. The summed E-state index contributed by atoms with van der Waals surface area (Å²) < 4.78 is 0. The lowest BCUT2D eigenvalue weighted by Crippen LogP contribution is -2.50. The third kappa shape index (κ3) is 2.29. The van der Waals surface area contributed by atoms with Crippen LogP contribution in [0.2, 0.25) is 0 Å². The summed E-state index contributed by atoms with van der Waals surface area (Å²) in [5.74, 6) is 1.21. The van der Waals surface area contributed by atoms with Gasteiger partial charge in [0.05, 0.1) is 17.8 Å². The molecule has 0 aromatic heterocycles. The Morgan fingerprint density at radius 2 is 1.52 bits per heavy atom. The molecule has 5 rings (SSSR count). The predicted molar refractivity (Wildman–Crippen MR) is 102 cm³/mol. The third-order valence-electron chi connectivity index (χ3n) is 5.35. The van der Waals surface area contributed by atoms with Gasteiger partial charge < -0.3 is 4.90 Å². The van der Waals surface area contributed by atoms with Crippen molar-refractivity contribution < 1.29 is 0 Å². The van der Waals surface area contributed by atoms with Crippen molar-refractivity contribution in [1.29, 1.82) is 0 Å². The summed E-state index contributed by atoms with van der Waals surface area (Å²) in [5.41, 5.74) is 6.43. The lowest BCUT2D eigenvalue weighted by atomic mass is 9.84. The van der Waals surface area contributed by atoms with Crippen LogP contribution >= 0.6 is 0 Å². The van der Waals surface area contributed by atoms with Crippen LogP contribution in [0.3, 0.4) is 0 Å². The molecule has 3 aromatic rings. The quantitative estimate of drug-likeness (QED) is 0.601. The Bertz CT molecular complexity index is 941. The minimum absolute atomic E-state index is 0.241. The third-order valence-corrected chi connectivity index (χ3v) is 5.35. The molecule has 3 aromatic carbocycles. The highest BCUT2D eigenvalue weighted by atomic mass is 15.3. The maximum atomic E-state index is 4.93. The summed E-state index contributed by atoms with van der Waals surface area (Å²) in [5, 5.41) is 0. The Labute approximate surface area is 148 Å². The molecule has 0 saturated carbocycles. The van der Waals surface area contributed by atoms with Crippen molar-refractivity contribution in [3.63, 3.8) is 0 Å². The number of aryl methyl sites for hydroxylation is 1. The molecule has 2 aliphatic rings. The van der Waals surface area contributed by atoms with Gasteiger partial charge >= 0.3 is 0 Å². The number of rotatable bonds is 2. The molecule has 2 aliphatic heterocycles. The van der Waals surface area contributed by atoms with E-state index in [1.165, 1.54) is 28.1 Å². The second kappa shape index (κ2) is 5.59. The molecule has 0 N–H and O–H groups in total. The minimum atomic E-state index is 0.241. The highest BCUT2D eigenvalue weighted by molar-refractivity contribution is 5.94. The van der Waals surface area contributed by atoms with Gasteiger partial charge in [-0.25, -0.2) is 4.99 Å².